The van der Waals surface area contributed by atoms with Gasteiger partial charge in [-0.05, 0) is 12.8 Å². The molecule has 0 saturated heterocycles. The normalized spacial score (nSPS) is 36.0. The van der Waals surface area contributed by atoms with Gasteiger partial charge in [-0.3, -0.25) is 0 Å². The van der Waals surface area contributed by atoms with E-state index in [9.17, 15) is 8.78 Å². The summed E-state index contributed by atoms with van der Waals surface area (Å²) >= 11 is 0. The lowest BCUT2D eigenvalue weighted by Gasteiger charge is -2.22. The van der Waals surface area contributed by atoms with Crippen molar-refractivity contribution in [1.82, 2.24) is 0 Å². The number of hydrogen-bond acceptors (Lipinski definition) is 1. The van der Waals surface area contributed by atoms with Gasteiger partial charge >= 0.3 is 0 Å². The molecule has 11 heavy (non-hydrogen) atoms. The van der Waals surface area contributed by atoms with Crippen LogP contribution in [0.15, 0.2) is 0 Å². The zero-order valence-corrected chi connectivity index (χ0v) is 6.87. The van der Waals surface area contributed by atoms with Gasteiger partial charge in [0.25, 0.3) is 0 Å². The van der Waals surface area contributed by atoms with Crippen LogP contribution in [-0.4, -0.2) is 11.5 Å². The van der Waals surface area contributed by atoms with E-state index < -0.39 is 11.5 Å². The predicted octanol–water partition coefficient (Wildman–Crippen LogP) is 2.30. The molecule has 66 valence electrons. The van der Waals surface area contributed by atoms with Crippen molar-refractivity contribution in [3.05, 3.63) is 0 Å². The molecule has 1 atom stereocenters. The van der Waals surface area contributed by atoms with Crippen molar-refractivity contribution in [3.8, 4) is 0 Å². The van der Waals surface area contributed by atoms with Crippen LogP contribution < -0.4 is 5.73 Å². The van der Waals surface area contributed by atoms with Crippen LogP contribution in [-0.2, 0) is 0 Å². The van der Waals surface area contributed by atoms with Crippen molar-refractivity contribution >= 4 is 0 Å². The van der Waals surface area contributed by atoms with Crippen LogP contribution in [0.2, 0.25) is 0 Å². The molecule has 0 spiro atoms. The van der Waals surface area contributed by atoms with Gasteiger partial charge in [-0.1, -0.05) is 13.3 Å². The first-order valence-electron chi connectivity index (χ1n) is 4.14. The second-order valence-corrected chi connectivity index (χ2v) is 3.65. The van der Waals surface area contributed by atoms with E-state index in [-0.39, 0.29) is 12.8 Å². The van der Waals surface area contributed by atoms with E-state index in [1.54, 1.807) is 0 Å². The molecule has 0 aromatic rings. The monoisotopic (exact) mass is 163 g/mol. The highest BCUT2D eigenvalue weighted by Gasteiger charge is 2.46. The van der Waals surface area contributed by atoms with Crippen molar-refractivity contribution in [2.24, 2.45) is 5.73 Å². The first kappa shape index (κ1) is 8.91. The number of alkyl halides is 2. The van der Waals surface area contributed by atoms with Gasteiger partial charge in [-0.2, -0.15) is 0 Å². The van der Waals surface area contributed by atoms with Crippen molar-refractivity contribution in [2.45, 2.75) is 50.5 Å². The van der Waals surface area contributed by atoms with Crippen LogP contribution in [0.3, 0.4) is 0 Å². The Kier molecular flexibility index (Phi) is 2.19. The fourth-order valence-electron chi connectivity index (χ4n) is 1.83. The molecule has 2 N–H and O–H groups in total. The molecule has 1 aliphatic rings. The summed E-state index contributed by atoms with van der Waals surface area (Å²) in [7, 11) is 0. The minimum Gasteiger partial charge on any atom is -0.325 e. The molecule has 1 aliphatic carbocycles. The molecular weight excluding hydrogens is 148 g/mol. The average Bonchev–Trinajstić information content (AvgIpc) is 2.07. The van der Waals surface area contributed by atoms with Gasteiger partial charge in [0, 0.05) is 18.4 Å². The van der Waals surface area contributed by atoms with Crippen molar-refractivity contribution in [1.29, 1.82) is 0 Å². The molecule has 1 nitrogen and oxygen atoms in total. The Morgan fingerprint density at radius 1 is 1.36 bits per heavy atom. The molecule has 0 aliphatic heterocycles. The lowest BCUT2D eigenvalue weighted by Crippen LogP contribution is -2.37. The van der Waals surface area contributed by atoms with Crippen molar-refractivity contribution in [3.63, 3.8) is 0 Å². The molecule has 1 unspecified atom stereocenters. The highest BCUT2D eigenvalue weighted by molar-refractivity contribution is 4.96. The number of rotatable bonds is 2. The highest BCUT2D eigenvalue weighted by atomic mass is 19.3. The van der Waals surface area contributed by atoms with Crippen LogP contribution in [0.5, 0.6) is 0 Å². The molecule has 1 fully saturated rings. The number of halogens is 2. The van der Waals surface area contributed by atoms with Crippen LogP contribution in [0, 0.1) is 0 Å². The highest BCUT2D eigenvalue weighted by Crippen LogP contribution is 2.42. The fourth-order valence-corrected chi connectivity index (χ4v) is 1.83. The second-order valence-electron chi connectivity index (χ2n) is 3.65. The predicted molar refractivity (Wildman–Crippen MR) is 40.6 cm³/mol. The van der Waals surface area contributed by atoms with Gasteiger partial charge in [0.2, 0.25) is 5.92 Å². The molecule has 1 saturated carbocycles. The molecule has 3 heteroatoms. The maximum atomic E-state index is 12.7. The molecule has 0 aromatic heterocycles. The van der Waals surface area contributed by atoms with Gasteiger partial charge in [-0.15, -0.1) is 0 Å². The van der Waals surface area contributed by atoms with Gasteiger partial charge in [0.05, 0.1) is 0 Å². The number of nitrogens with two attached hydrogens (primary N) is 1. The van der Waals surface area contributed by atoms with Crippen molar-refractivity contribution in [2.75, 3.05) is 0 Å². The SMILES string of the molecule is CCCC1(N)CCC(F)(F)C1. The van der Waals surface area contributed by atoms with E-state index >= 15 is 0 Å². The molecule has 0 aromatic carbocycles. The Labute approximate surface area is 66.0 Å². The summed E-state index contributed by atoms with van der Waals surface area (Å²) in [4.78, 5) is 0. The van der Waals surface area contributed by atoms with Gasteiger partial charge in [0.1, 0.15) is 0 Å². The minimum absolute atomic E-state index is 0.0243. The van der Waals surface area contributed by atoms with Crippen LogP contribution in [0.4, 0.5) is 8.78 Å². The molecule has 0 radical (unpaired) electrons. The van der Waals surface area contributed by atoms with Crippen LogP contribution in [0.1, 0.15) is 39.0 Å². The minimum atomic E-state index is -2.50. The van der Waals surface area contributed by atoms with E-state index in [1.807, 2.05) is 6.92 Å². The molecule has 0 bridgehead atoms. The summed E-state index contributed by atoms with van der Waals surface area (Å²) in [5.41, 5.74) is 5.19. The summed E-state index contributed by atoms with van der Waals surface area (Å²) in [6.07, 6.45) is 1.96. The average molecular weight is 163 g/mol. The Hall–Kier alpha value is -0.180. The van der Waals surface area contributed by atoms with E-state index in [0.29, 0.717) is 6.42 Å². The van der Waals surface area contributed by atoms with Gasteiger partial charge in [-0.25, -0.2) is 8.78 Å². The van der Waals surface area contributed by atoms with Crippen LogP contribution in [0.25, 0.3) is 0 Å². The summed E-state index contributed by atoms with van der Waals surface area (Å²) in [5.74, 6) is -2.50. The molecule has 0 amide bonds. The fraction of sp³-hybridized carbons (Fsp3) is 1.00. The largest absolute Gasteiger partial charge is 0.325 e. The summed E-state index contributed by atoms with van der Waals surface area (Å²) in [5, 5.41) is 0. The first-order valence-corrected chi connectivity index (χ1v) is 4.14. The third kappa shape index (κ3) is 2.12. The lowest BCUT2D eigenvalue weighted by molar-refractivity contribution is 0.00272. The second kappa shape index (κ2) is 2.70. The standard InChI is InChI=1S/C8H15F2N/c1-2-3-7(11)4-5-8(9,10)6-7/h2-6,11H2,1H3. The smallest absolute Gasteiger partial charge is 0.250 e. The maximum Gasteiger partial charge on any atom is 0.250 e. The third-order valence-corrected chi connectivity index (χ3v) is 2.35. The Bertz CT molecular complexity index is 147. The van der Waals surface area contributed by atoms with Crippen LogP contribution >= 0.6 is 0 Å². The summed E-state index contributed by atoms with van der Waals surface area (Å²) in [6, 6.07) is 0. The van der Waals surface area contributed by atoms with Gasteiger partial charge in [0.15, 0.2) is 0 Å². The summed E-state index contributed by atoms with van der Waals surface area (Å²) in [6.45, 7) is 1.98. The molecular formula is C8H15F2N. The zero-order valence-electron chi connectivity index (χ0n) is 6.87. The Morgan fingerprint density at radius 3 is 2.36 bits per heavy atom. The molecule has 0 heterocycles. The Balaban J connectivity index is 2.51. The van der Waals surface area contributed by atoms with Gasteiger partial charge < -0.3 is 5.73 Å². The lowest BCUT2D eigenvalue weighted by atomic mass is 9.93. The zero-order chi connectivity index (χ0) is 8.54. The van der Waals surface area contributed by atoms with E-state index in [4.69, 9.17) is 5.73 Å². The maximum absolute atomic E-state index is 12.7. The molecule has 1 rings (SSSR count). The van der Waals surface area contributed by atoms with E-state index in [1.165, 1.54) is 0 Å². The first-order chi connectivity index (χ1) is 4.97. The van der Waals surface area contributed by atoms with E-state index in [2.05, 4.69) is 0 Å². The topological polar surface area (TPSA) is 26.0 Å². The van der Waals surface area contributed by atoms with E-state index in [0.717, 1.165) is 12.8 Å². The quantitative estimate of drug-likeness (QED) is 0.664. The summed E-state index contributed by atoms with van der Waals surface area (Å²) < 4.78 is 25.4. The van der Waals surface area contributed by atoms with Crippen molar-refractivity contribution < 1.29 is 8.78 Å². The Morgan fingerprint density at radius 2 is 2.00 bits per heavy atom. The number of hydrogen-bond donors (Lipinski definition) is 1. The third-order valence-electron chi connectivity index (χ3n) is 2.35.